The van der Waals surface area contributed by atoms with E-state index in [-0.39, 0.29) is 37.0 Å². The first kappa shape index (κ1) is 22.9. The smallest absolute Gasteiger partial charge is 0.220 e. The Morgan fingerprint density at radius 1 is 1.03 bits per heavy atom. The summed E-state index contributed by atoms with van der Waals surface area (Å²) >= 11 is 0. The SMILES string of the molecule is C[C@H](COC[C@H](Cc1ccc(O)cc1)NC(=O)CCc1ccccc1)OCCO. The molecule has 158 valence electrons. The fourth-order valence-electron chi connectivity index (χ4n) is 2.95. The first-order chi connectivity index (χ1) is 14.1. The number of ether oxygens (including phenoxy) is 2. The van der Waals surface area contributed by atoms with E-state index in [0.717, 1.165) is 11.1 Å². The fourth-order valence-corrected chi connectivity index (χ4v) is 2.95. The summed E-state index contributed by atoms with van der Waals surface area (Å²) in [6, 6.07) is 16.7. The van der Waals surface area contributed by atoms with Crippen LogP contribution >= 0.6 is 0 Å². The molecule has 0 aliphatic carbocycles. The van der Waals surface area contributed by atoms with Crippen LogP contribution in [-0.4, -0.2) is 54.7 Å². The van der Waals surface area contributed by atoms with E-state index in [4.69, 9.17) is 14.6 Å². The quantitative estimate of drug-likeness (QED) is 0.480. The Hall–Kier alpha value is -2.41. The molecule has 2 aromatic rings. The Labute approximate surface area is 172 Å². The van der Waals surface area contributed by atoms with Crippen LogP contribution in [0.4, 0.5) is 0 Å². The van der Waals surface area contributed by atoms with Gasteiger partial charge in [-0.2, -0.15) is 0 Å². The van der Waals surface area contributed by atoms with Gasteiger partial charge in [0.1, 0.15) is 5.75 Å². The van der Waals surface area contributed by atoms with Crippen LogP contribution in [0, 0.1) is 0 Å². The minimum atomic E-state index is -0.187. The lowest BCUT2D eigenvalue weighted by Crippen LogP contribution is -2.40. The maximum absolute atomic E-state index is 12.5. The molecule has 2 atom stereocenters. The van der Waals surface area contributed by atoms with Gasteiger partial charge in [0, 0.05) is 6.42 Å². The number of hydrogen-bond donors (Lipinski definition) is 3. The number of rotatable bonds is 13. The molecule has 0 heterocycles. The third-order valence-electron chi connectivity index (χ3n) is 4.43. The molecule has 0 radical (unpaired) electrons. The zero-order chi connectivity index (χ0) is 20.9. The number of carbonyl (C=O) groups is 1. The summed E-state index contributed by atoms with van der Waals surface area (Å²) in [4.78, 5) is 12.5. The van der Waals surface area contributed by atoms with Gasteiger partial charge in [0.25, 0.3) is 0 Å². The summed E-state index contributed by atoms with van der Waals surface area (Å²) in [7, 11) is 0. The van der Waals surface area contributed by atoms with E-state index in [9.17, 15) is 9.90 Å². The molecule has 2 rings (SSSR count). The van der Waals surface area contributed by atoms with Crippen LogP contribution in [0.5, 0.6) is 5.75 Å². The van der Waals surface area contributed by atoms with Crippen molar-refractivity contribution in [2.45, 2.75) is 38.3 Å². The van der Waals surface area contributed by atoms with Gasteiger partial charge in [0.05, 0.1) is 38.6 Å². The lowest BCUT2D eigenvalue weighted by Gasteiger charge is -2.21. The molecule has 6 heteroatoms. The molecular weight excluding hydrogens is 370 g/mol. The number of benzene rings is 2. The summed E-state index contributed by atoms with van der Waals surface area (Å²) in [5.41, 5.74) is 2.13. The van der Waals surface area contributed by atoms with E-state index in [2.05, 4.69) is 5.32 Å². The molecule has 6 nitrogen and oxygen atoms in total. The third kappa shape index (κ3) is 9.56. The van der Waals surface area contributed by atoms with Crippen LogP contribution in [0.25, 0.3) is 0 Å². The van der Waals surface area contributed by atoms with Crippen molar-refractivity contribution in [3.63, 3.8) is 0 Å². The Bertz CT molecular complexity index is 705. The van der Waals surface area contributed by atoms with Gasteiger partial charge in [0.2, 0.25) is 5.91 Å². The van der Waals surface area contributed by atoms with E-state index in [1.165, 1.54) is 0 Å². The average molecular weight is 402 g/mol. The predicted molar refractivity (Wildman–Crippen MR) is 112 cm³/mol. The van der Waals surface area contributed by atoms with Crippen molar-refractivity contribution in [3.8, 4) is 5.75 Å². The molecule has 0 fully saturated rings. The zero-order valence-electron chi connectivity index (χ0n) is 16.9. The minimum Gasteiger partial charge on any atom is -0.508 e. The summed E-state index contributed by atoms with van der Waals surface area (Å²) < 4.78 is 11.1. The second-order valence-corrected chi connectivity index (χ2v) is 7.06. The number of phenols is 1. The van der Waals surface area contributed by atoms with Gasteiger partial charge in [-0.15, -0.1) is 0 Å². The second kappa shape index (κ2) is 12.9. The van der Waals surface area contributed by atoms with E-state index in [1.807, 2.05) is 49.4 Å². The molecule has 29 heavy (non-hydrogen) atoms. The van der Waals surface area contributed by atoms with Gasteiger partial charge in [-0.25, -0.2) is 0 Å². The molecule has 0 bridgehead atoms. The fraction of sp³-hybridized carbons (Fsp3) is 0.435. The molecule has 0 spiro atoms. The van der Waals surface area contributed by atoms with Gasteiger partial charge < -0.3 is 25.0 Å². The number of carbonyl (C=O) groups excluding carboxylic acids is 1. The molecular formula is C23H31NO5. The monoisotopic (exact) mass is 401 g/mol. The van der Waals surface area contributed by atoms with Crippen LogP contribution in [0.15, 0.2) is 54.6 Å². The first-order valence-corrected chi connectivity index (χ1v) is 9.98. The van der Waals surface area contributed by atoms with Gasteiger partial charge in [-0.1, -0.05) is 42.5 Å². The average Bonchev–Trinajstić information content (AvgIpc) is 2.73. The van der Waals surface area contributed by atoms with Crippen molar-refractivity contribution in [2.24, 2.45) is 0 Å². The van der Waals surface area contributed by atoms with E-state index in [1.54, 1.807) is 12.1 Å². The highest BCUT2D eigenvalue weighted by molar-refractivity contribution is 5.76. The predicted octanol–water partition coefficient (Wildman–Crippen LogP) is 2.47. The number of nitrogens with one attached hydrogen (secondary N) is 1. The van der Waals surface area contributed by atoms with Crippen molar-refractivity contribution in [2.75, 3.05) is 26.4 Å². The molecule has 0 saturated carbocycles. The summed E-state index contributed by atoms with van der Waals surface area (Å²) in [5, 5.41) is 21.3. The van der Waals surface area contributed by atoms with Gasteiger partial charge >= 0.3 is 0 Å². The molecule has 0 aliphatic heterocycles. The van der Waals surface area contributed by atoms with Crippen molar-refractivity contribution in [1.82, 2.24) is 5.32 Å². The van der Waals surface area contributed by atoms with Crippen LogP contribution < -0.4 is 5.32 Å². The molecule has 0 saturated heterocycles. The Morgan fingerprint density at radius 2 is 1.76 bits per heavy atom. The zero-order valence-corrected chi connectivity index (χ0v) is 16.9. The standard InChI is InChI=1S/C23H31NO5/c1-18(29-14-13-25)16-28-17-21(15-20-7-10-22(26)11-8-20)24-23(27)12-9-19-5-3-2-4-6-19/h2-8,10-11,18,21,25-26H,9,12-17H2,1H3,(H,24,27)/t18-,21+/m1/s1. The lowest BCUT2D eigenvalue weighted by atomic mass is 10.1. The molecule has 3 N–H and O–H groups in total. The second-order valence-electron chi connectivity index (χ2n) is 7.06. The van der Waals surface area contributed by atoms with Crippen LogP contribution in [-0.2, 0) is 27.1 Å². The minimum absolute atomic E-state index is 0.0224. The molecule has 0 aromatic heterocycles. The van der Waals surface area contributed by atoms with E-state index >= 15 is 0 Å². The van der Waals surface area contributed by atoms with Gasteiger partial charge in [0.15, 0.2) is 0 Å². The number of amides is 1. The van der Waals surface area contributed by atoms with Gasteiger partial charge in [-0.05, 0) is 43.0 Å². The first-order valence-electron chi connectivity index (χ1n) is 9.98. The highest BCUT2D eigenvalue weighted by atomic mass is 16.5. The number of phenolic OH excluding ortho intramolecular Hbond substituents is 1. The van der Waals surface area contributed by atoms with Gasteiger partial charge in [-0.3, -0.25) is 4.79 Å². The Balaban J connectivity index is 1.86. The van der Waals surface area contributed by atoms with Crippen molar-refractivity contribution < 1.29 is 24.5 Å². The highest BCUT2D eigenvalue weighted by Crippen LogP contribution is 2.12. The van der Waals surface area contributed by atoms with E-state index < -0.39 is 0 Å². The molecule has 0 aliphatic rings. The number of aryl methyl sites for hydroxylation is 1. The van der Waals surface area contributed by atoms with Crippen LogP contribution in [0.1, 0.15) is 24.5 Å². The largest absolute Gasteiger partial charge is 0.508 e. The molecule has 2 aromatic carbocycles. The Morgan fingerprint density at radius 3 is 2.45 bits per heavy atom. The molecule has 0 unspecified atom stereocenters. The topological polar surface area (TPSA) is 88.0 Å². The number of aromatic hydroxyl groups is 1. The number of aliphatic hydroxyl groups is 1. The molecule has 1 amide bonds. The van der Waals surface area contributed by atoms with Crippen LogP contribution in [0.3, 0.4) is 0 Å². The van der Waals surface area contributed by atoms with Crippen molar-refractivity contribution in [3.05, 3.63) is 65.7 Å². The summed E-state index contributed by atoms with van der Waals surface area (Å²) in [5.74, 6) is 0.189. The third-order valence-corrected chi connectivity index (χ3v) is 4.43. The highest BCUT2D eigenvalue weighted by Gasteiger charge is 2.15. The van der Waals surface area contributed by atoms with Crippen molar-refractivity contribution in [1.29, 1.82) is 0 Å². The van der Waals surface area contributed by atoms with Crippen molar-refractivity contribution >= 4 is 5.91 Å². The summed E-state index contributed by atoms with van der Waals surface area (Å²) in [6.07, 6.45) is 1.56. The summed E-state index contributed by atoms with van der Waals surface area (Å²) in [6.45, 7) is 2.86. The lowest BCUT2D eigenvalue weighted by molar-refractivity contribution is -0.122. The maximum atomic E-state index is 12.5. The normalized spacial score (nSPS) is 13.0. The van der Waals surface area contributed by atoms with E-state index in [0.29, 0.717) is 32.5 Å². The number of aliphatic hydroxyl groups excluding tert-OH is 1. The van der Waals surface area contributed by atoms with Crippen LogP contribution in [0.2, 0.25) is 0 Å². The Kier molecular flexibility index (Phi) is 10.2. The number of hydrogen-bond acceptors (Lipinski definition) is 5. The maximum Gasteiger partial charge on any atom is 0.220 e.